The number of benzene rings is 1. The fraction of sp³-hybridized carbons (Fsp3) is 0.0667. The molecule has 0 radical (unpaired) electrons. The van der Waals surface area contributed by atoms with Gasteiger partial charge >= 0.3 is 0 Å². The summed E-state index contributed by atoms with van der Waals surface area (Å²) in [6.07, 6.45) is 1.32. The second-order valence-corrected chi connectivity index (χ2v) is 6.02. The van der Waals surface area contributed by atoms with Gasteiger partial charge < -0.3 is 9.51 Å². The zero-order chi connectivity index (χ0) is 16.8. The molecule has 0 unspecified atom stereocenters. The highest BCUT2D eigenvalue weighted by molar-refractivity contribution is 7.22. The molecule has 0 spiro atoms. The summed E-state index contributed by atoms with van der Waals surface area (Å²) >= 11 is 1.24. The summed E-state index contributed by atoms with van der Waals surface area (Å²) in [7, 11) is 0. The minimum atomic E-state index is -0.993. The summed E-state index contributed by atoms with van der Waals surface area (Å²) < 4.78 is 31.6. The average Bonchev–Trinajstić information content (AvgIpc) is 3.16. The van der Waals surface area contributed by atoms with Gasteiger partial charge in [-0.2, -0.15) is 4.98 Å². The Hall–Kier alpha value is -2.94. The number of halogens is 2. The van der Waals surface area contributed by atoms with E-state index in [1.807, 2.05) is 0 Å². The first-order valence-corrected chi connectivity index (χ1v) is 7.62. The van der Waals surface area contributed by atoms with Crippen molar-refractivity contribution in [2.75, 3.05) is 0 Å². The zero-order valence-electron chi connectivity index (χ0n) is 12.1. The molecule has 3 aromatic heterocycles. The van der Waals surface area contributed by atoms with Crippen LogP contribution in [0.25, 0.3) is 32.4 Å². The molecule has 0 fully saturated rings. The molecule has 1 aromatic carbocycles. The minimum Gasteiger partial charge on any atom is -0.333 e. The van der Waals surface area contributed by atoms with Gasteiger partial charge in [0.1, 0.15) is 4.83 Å². The zero-order valence-corrected chi connectivity index (χ0v) is 12.9. The van der Waals surface area contributed by atoms with Crippen LogP contribution in [0.15, 0.2) is 33.8 Å². The Morgan fingerprint density at radius 1 is 1.25 bits per heavy atom. The quantitative estimate of drug-likeness (QED) is 0.602. The van der Waals surface area contributed by atoms with Gasteiger partial charge in [-0.05, 0) is 30.7 Å². The van der Waals surface area contributed by atoms with Gasteiger partial charge in [-0.1, -0.05) is 5.16 Å². The molecule has 0 atom stereocenters. The molecule has 0 bridgehead atoms. The molecular weight excluding hydrogens is 338 g/mol. The lowest BCUT2D eigenvalue weighted by molar-refractivity contribution is 0.433. The number of fused-ring (bicyclic) bond motifs is 1. The van der Waals surface area contributed by atoms with Gasteiger partial charge in [0.05, 0.1) is 16.6 Å². The molecule has 1 N–H and O–H groups in total. The van der Waals surface area contributed by atoms with Crippen LogP contribution in [0.1, 0.15) is 5.56 Å². The second-order valence-electron chi connectivity index (χ2n) is 5.02. The highest BCUT2D eigenvalue weighted by atomic mass is 32.1. The van der Waals surface area contributed by atoms with Crippen LogP contribution < -0.4 is 5.56 Å². The number of aromatic nitrogens is 4. The van der Waals surface area contributed by atoms with Crippen molar-refractivity contribution in [2.45, 2.75) is 6.92 Å². The van der Waals surface area contributed by atoms with Gasteiger partial charge in [0.25, 0.3) is 11.4 Å². The van der Waals surface area contributed by atoms with Crippen molar-refractivity contribution < 1.29 is 13.3 Å². The van der Waals surface area contributed by atoms with E-state index in [0.717, 1.165) is 12.1 Å². The molecule has 0 aliphatic carbocycles. The normalized spacial score (nSPS) is 11.3. The molecule has 120 valence electrons. The van der Waals surface area contributed by atoms with Crippen LogP contribution in [-0.4, -0.2) is 20.1 Å². The van der Waals surface area contributed by atoms with Crippen LogP contribution in [0.2, 0.25) is 0 Å². The first-order chi connectivity index (χ1) is 11.5. The second kappa shape index (κ2) is 5.31. The van der Waals surface area contributed by atoms with Crippen LogP contribution in [-0.2, 0) is 0 Å². The maximum Gasteiger partial charge on any atom is 0.268 e. The third kappa shape index (κ3) is 2.21. The van der Waals surface area contributed by atoms with Crippen molar-refractivity contribution in [3.05, 3.63) is 52.1 Å². The van der Waals surface area contributed by atoms with Gasteiger partial charge in [-0.15, -0.1) is 11.3 Å². The van der Waals surface area contributed by atoms with Crippen molar-refractivity contribution in [1.29, 1.82) is 0 Å². The number of aromatic amines is 1. The lowest BCUT2D eigenvalue weighted by atomic mass is 10.2. The predicted molar refractivity (Wildman–Crippen MR) is 83.6 cm³/mol. The summed E-state index contributed by atoms with van der Waals surface area (Å²) in [6.45, 7) is 1.76. The van der Waals surface area contributed by atoms with E-state index >= 15 is 0 Å². The number of thiophene rings is 1. The first-order valence-electron chi connectivity index (χ1n) is 6.81. The van der Waals surface area contributed by atoms with Gasteiger partial charge in [-0.3, -0.25) is 4.79 Å². The Morgan fingerprint density at radius 2 is 2.08 bits per heavy atom. The molecule has 0 amide bonds. The fourth-order valence-corrected chi connectivity index (χ4v) is 3.42. The SMILES string of the molecule is Cc1c(-c2nc(-c3ccc(F)c(F)c3)no2)sc2nc[nH]c(=O)c12. The van der Waals surface area contributed by atoms with Crippen molar-refractivity contribution in [1.82, 2.24) is 20.1 Å². The molecule has 4 aromatic rings. The minimum absolute atomic E-state index is 0.127. The lowest BCUT2D eigenvalue weighted by Crippen LogP contribution is -2.05. The number of H-pyrrole nitrogens is 1. The Balaban J connectivity index is 1.83. The monoisotopic (exact) mass is 346 g/mol. The highest BCUT2D eigenvalue weighted by Crippen LogP contribution is 2.35. The lowest BCUT2D eigenvalue weighted by Gasteiger charge is -1.95. The van der Waals surface area contributed by atoms with Crippen LogP contribution in [0, 0.1) is 18.6 Å². The molecule has 6 nitrogen and oxygen atoms in total. The molecule has 3 heterocycles. The van der Waals surface area contributed by atoms with Crippen LogP contribution in [0.4, 0.5) is 8.78 Å². The van der Waals surface area contributed by atoms with E-state index in [2.05, 4.69) is 20.1 Å². The Morgan fingerprint density at radius 3 is 2.83 bits per heavy atom. The van der Waals surface area contributed by atoms with Gasteiger partial charge in [0.2, 0.25) is 5.82 Å². The summed E-state index contributed by atoms with van der Waals surface area (Å²) in [6, 6.07) is 3.35. The van der Waals surface area contributed by atoms with Crippen LogP contribution in [0.3, 0.4) is 0 Å². The Kier molecular flexibility index (Phi) is 3.24. The molecule has 24 heavy (non-hydrogen) atoms. The molecule has 0 aliphatic rings. The van der Waals surface area contributed by atoms with E-state index in [-0.39, 0.29) is 17.3 Å². The Bertz CT molecular complexity index is 1130. The first kappa shape index (κ1) is 14.6. The third-order valence-electron chi connectivity index (χ3n) is 3.53. The van der Waals surface area contributed by atoms with E-state index < -0.39 is 11.6 Å². The maximum absolute atomic E-state index is 13.3. The number of aryl methyl sites for hydroxylation is 1. The molecule has 0 aliphatic heterocycles. The molecule has 0 saturated carbocycles. The standard InChI is InChI=1S/C15H8F2N4O2S/c1-6-10-13(22)18-5-19-15(10)24-11(6)14-20-12(21-23-14)7-2-3-8(16)9(17)4-7/h2-5H,1H3,(H,18,19,22). The van der Waals surface area contributed by atoms with E-state index in [0.29, 0.717) is 26.2 Å². The predicted octanol–water partition coefficient (Wildman–Crippen LogP) is 3.29. The van der Waals surface area contributed by atoms with E-state index in [1.165, 1.54) is 23.7 Å². The largest absolute Gasteiger partial charge is 0.333 e. The van der Waals surface area contributed by atoms with E-state index in [9.17, 15) is 13.6 Å². The summed E-state index contributed by atoms with van der Waals surface area (Å²) in [4.78, 5) is 23.9. The fourth-order valence-electron chi connectivity index (χ4n) is 2.35. The summed E-state index contributed by atoms with van der Waals surface area (Å²) in [5.74, 6) is -1.63. The number of hydrogen-bond acceptors (Lipinski definition) is 6. The average molecular weight is 346 g/mol. The number of nitrogens with one attached hydrogen (secondary N) is 1. The topological polar surface area (TPSA) is 84.7 Å². The van der Waals surface area contributed by atoms with Gasteiger partial charge in [0, 0.05) is 5.56 Å². The summed E-state index contributed by atoms with van der Waals surface area (Å²) in [5, 5.41) is 4.26. The number of hydrogen-bond donors (Lipinski definition) is 1. The van der Waals surface area contributed by atoms with Gasteiger partial charge in [0.15, 0.2) is 11.6 Å². The number of rotatable bonds is 2. The molecule has 4 rings (SSSR count). The van der Waals surface area contributed by atoms with Crippen molar-refractivity contribution >= 4 is 21.6 Å². The highest BCUT2D eigenvalue weighted by Gasteiger charge is 2.19. The summed E-state index contributed by atoms with van der Waals surface area (Å²) in [5.41, 5.74) is 0.712. The maximum atomic E-state index is 13.3. The van der Waals surface area contributed by atoms with Crippen molar-refractivity contribution in [3.8, 4) is 22.2 Å². The van der Waals surface area contributed by atoms with Crippen LogP contribution >= 0.6 is 11.3 Å². The molecular formula is C15H8F2N4O2S. The van der Waals surface area contributed by atoms with Crippen molar-refractivity contribution in [2.24, 2.45) is 0 Å². The third-order valence-corrected chi connectivity index (χ3v) is 4.72. The van der Waals surface area contributed by atoms with E-state index in [4.69, 9.17) is 4.52 Å². The van der Waals surface area contributed by atoms with E-state index in [1.54, 1.807) is 6.92 Å². The number of nitrogens with zero attached hydrogens (tertiary/aromatic N) is 3. The molecule has 0 saturated heterocycles. The molecule has 9 heteroatoms. The smallest absolute Gasteiger partial charge is 0.268 e. The van der Waals surface area contributed by atoms with Crippen molar-refractivity contribution in [3.63, 3.8) is 0 Å². The van der Waals surface area contributed by atoms with Gasteiger partial charge in [-0.25, -0.2) is 13.8 Å². The Labute approximate surface area is 136 Å². The van der Waals surface area contributed by atoms with Crippen LogP contribution in [0.5, 0.6) is 0 Å².